The third-order valence-electron chi connectivity index (χ3n) is 3.37. The number of hydrogen-bond donors (Lipinski definition) is 1. The minimum absolute atomic E-state index is 0.245. The molecule has 20 heavy (non-hydrogen) atoms. The van der Waals surface area contributed by atoms with Crippen LogP contribution in [0.2, 0.25) is 0 Å². The number of nitrogens with zero attached hydrogens (tertiary/aromatic N) is 2. The van der Waals surface area contributed by atoms with E-state index in [1.54, 1.807) is 6.20 Å². The lowest BCUT2D eigenvalue weighted by atomic mass is 10.0. The standard InChI is InChI=1S/C15H11N3O2/c16-12-4-2-1-3-10(12)15-11-6-14-13(19-8-20-14)5-9(11)7-17-18-15/h1-7H,8,16H2. The SMILES string of the molecule is Nc1ccccc1-c1nncc2cc3c(cc12)OCO3. The van der Waals surface area contributed by atoms with E-state index >= 15 is 0 Å². The van der Waals surface area contributed by atoms with E-state index in [9.17, 15) is 0 Å². The van der Waals surface area contributed by atoms with Crippen molar-refractivity contribution in [2.75, 3.05) is 12.5 Å². The molecule has 0 atom stereocenters. The maximum Gasteiger partial charge on any atom is 0.231 e. The van der Waals surface area contributed by atoms with Crippen LogP contribution in [0.4, 0.5) is 5.69 Å². The van der Waals surface area contributed by atoms with Gasteiger partial charge in [0.1, 0.15) is 5.69 Å². The molecule has 0 fully saturated rings. The van der Waals surface area contributed by atoms with Crippen LogP contribution in [0.1, 0.15) is 0 Å². The molecule has 5 nitrogen and oxygen atoms in total. The van der Waals surface area contributed by atoms with Crippen LogP contribution in [0.5, 0.6) is 11.5 Å². The van der Waals surface area contributed by atoms with E-state index in [2.05, 4.69) is 10.2 Å². The van der Waals surface area contributed by atoms with Crippen molar-refractivity contribution in [3.8, 4) is 22.8 Å². The molecule has 98 valence electrons. The van der Waals surface area contributed by atoms with Crippen molar-refractivity contribution in [3.05, 3.63) is 42.6 Å². The summed E-state index contributed by atoms with van der Waals surface area (Å²) in [4.78, 5) is 0. The Kier molecular flexibility index (Phi) is 2.26. The van der Waals surface area contributed by atoms with Crippen LogP contribution in [0, 0.1) is 0 Å². The zero-order valence-corrected chi connectivity index (χ0v) is 10.5. The summed E-state index contributed by atoms with van der Waals surface area (Å²) in [7, 11) is 0. The van der Waals surface area contributed by atoms with Crippen molar-refractivity contribution in [1.82, 2.24) is 10.2 Å². The fourth-order valence-corrected chi connectivity index (χ4v) is 2.38. The Morgan fingerprint density at radius 2 is 1.85 bits per heavy atom. The van der Waals surface area contributed by atoms with Gasteiger partial charge in [-0.1, -0.05) is 18.2 Å². The summed E-state index contributed by atoms with van der Waals surface area (Å²) >= 11 is 0. The lowest BCUT2D eigenvalue weighted by molar-refractivity contribution is 0.174. The molecular formula is C15H11N3O2. The van der Waals surface area contributed by atoms with E-state index in [4.69, 9.17) is 15.2 Å². The average Bonchev–Trinajstić information content (AvgIpc) is 2.92. The molecule has 1 aliphatic heterocycles. The molecule has 0 unspecified atom stereocenters. The lowest BCUT2D eigenvalue weighted by Gasteiger charge is -2.08. The number of benzene rings is 2. The van der Waals surface area contributed by atoms with E-state index in [0.29, 0.717) is 5.69 Å². The van der Waals surface area contributed by atoms with Crippen molar-refractivity contribution >= 4 is 16.5 Å². The second-order valence-corrected chi connectivity index (χ2v) is 4.57. The summed E-state index contributed by atoms with van der Waals surface area (Å²) in [6, 6.07) is 11.4. The second-order valence-electron chi connectivity index (χ2n) is 4.57. The number of fused-ring (bicyclic) bond motifs is 2. The van der Waals surface area contributed by atoms with Crippen molar-refractivity contribution in [2.45, 2.75) is 0 Å². The second kappa shape index (κ2) is 4.09. The summed E-state index contributed by atoms with van der Waals surface area (Å²) < 4.78 is 10.8. The van der Waals surface area contributed by atoms with Crippen LogP contribution in [-0.4, -0.2) is 17.0 Å². The highest BCUT2D eigenvalue weighted by atomic mass is 16.7. The Morgan fingerprint density at radius 3 is 2.70 bits per heavy atom. The zero-order chi connectivity index (χ0) is 13.5. The molecule has 5 heteroatoms. The van der Waals surface area contributed by atoms with E-state index in [0.717, 1.165) is 33.5 Å². The van der Waals surface area contributed by atoms with Crippen LogP contribution >= 0.6 is 0 Å². The molecule has 0 aliphatic carbocycles. The van der Waals surface area contributed by atoms with Crippen LogP contribution < -0.4 is 15.2 Å². The number of nitrogen functional groups attached to an aromatic ring is 1. The van der Waals surface area contributed by atoms with Gasteiger partial charge in [0.15, 0.2) is 11.5 Å². The third kappa shape index (κ3) is 1.56. The molecule has 4 rings (SSSR count). The van der Waals surface area contributed by atoms with Gasteiger partial charge in [0.2, 0.25) is 6.79 Å². The van der Waals surface area contributed by atoms with E-state index < -0.39 is 0 Å². The predicted molar refractivity (Wildman–Crippen MR) is 75.5 cm³/mol. The molecule has 2 heterocycles. The number of ether oxygens (including phenoxy) is 2. The Bertz CT molecular complexity index is 817. The summed E-state index contributed by atoms with van der Waals surface area (Å²) in [6.45, 7) is 0.245. The van der Waals surface area contributed by atoms with Crippen LogP contribution in [0.15, 0.2) is 42.6 Å². The number of para-hydroxylation sites is 1. The van der Waals surface area contributed by atoms with Gasteiger partial charge in [-0.2, -0.15) is 5.10 Å². The number of nitrogens with two attached hydrogens (primary N) is 1. The van der Waals surface area contributed by atoms with Gasteiger partial charge in [-0.25, -0.2) is 0 Å². The molecule has 1 aliphatic rings. The van der Waals surface area contributed by atoms with Gasteiger partial charge in [0, 0.05) is 22.0 Å². The third-order valence-corrected chi connectivity index (χ3v) is 3.37. The molecular weight excluding hydrogens is 254 g/mol. The maximum absolute atomic E-state index is 6.03. The topological polar surface area (TPSA) is 70.3 Å². The molecule has 2 N–H and O–H groups in total. The van der Waals surface area contributed by atoms with Gasteiger partial charge in [-0.15, -0.1) is 5.10 Å². The van der Waals surface area contributed by atoms with Gasteiger partial charge >= 0.3 is 0 Å². The van der Waals surface area contributed by atoms with Gasteiger partial charge in [-0.05, 0) is 18.2 Å². The van der Waals surface area contributed by atoms with Crippen molar-refractivity contribution < 1.29 is 9.47 Å². The quantitative estimate of drug-likeness (QED) is 0.685. The van der Waals surface area contributed by atoms with Gasteiger partial charge in [-0.3, -0.25) is 0 Å². The highest BCUT2D eigenvalue weighted by Gasteiger charge is 2.17. The largest absolute Gasteiger partial charge is 0.454 e. The summed E-state index contributed by atoms with van der Waals surface area (Å²) in [5.41, 5.74) is 8.32. The molecule has 0 spiro atoms. The normalized spacial score (nSPS) is 12.8. The first-order valence-corrected chi connectivity index (χ1v) is 6.23. The molecule has 0 radical (unpaired) electrons. The Labute approximate surface area is 115 Å². The fraction of sp³-hybridized carbons (Fsp3) is 0.0667. The molecule has 3 aromatic rings. The van der Waals surface area contributed by atoms with Gasteiger partial charge < -0.3 is 15.2 Å². The van der Waals surface area contributed by atoms with Crippen LogP contribution in [-0.2, 0) is 0 Å². The van der Waals surface area contributed by atoms with Gasteiger partial charge in [0.05, 0.1) is 6.20 Å². The molecule has 1 aromatic heterocycles. The monoisotopic (exact) mass is 265 g/mol. The Morgan fingerprint density at radius 1 is 1.05 bits per heavy atom. The van der Waals surface area contributed by atoms with E-state index in [1.807, 2.05) is 36.4 Å². The molecule has 0 saturated heterocycles. The predicted octanol–water partition coefficient (Wildman–Crippen LogP) is 2.61. The molecule has 0 bridgehead atoms. The van der Waals surface area contributed by atoms with Crippen LogP contribution in [0.25, 0.3) is 22.0 Å². The smallest absolute Gasteiger partial charge is 0.231 e. The maximum atomic E-state index is 6.03. The summed E-state index contributed by atoms with van der Waals surface area (Å²) in [5, 5.41) is 10.2. The molecule has 2 aromatic carbocycles. The average molecular weight is 265 g/mol. The van der Waals surface area contributed by atoms with Gasteiger partial charge in [0.25, 0.3) is 0 Å². The Balaban J connectivity index is 2.03. The Hall–Kier alpha value is -2.82. The van der Waals surface area contributed by atoms with Crippen molar-refractivity contribution in [2.24, 2.45) is 0 Å². The number of rotatable bonds is 1. The summed E-state index contributed by atoms with van der Waals surface area (Å²) in [6.07, 6.45) is 1.71. The number of aromatic nitrogens is 2. The number of anilines is 1. The highest BCUT2D eigenvalue weighted by molar-refractivity contribution is 5.98. The van der Waals surface area contributed by atoms with Crippen molar-refractivity contribution in [1.29, 1.82) is 0 Å². The minimum Gasteiger partial charge on any atom is -0.454 e. The fourth-order valence-electron chi connectivity index (χ4n) is 2.38. The first-order chi connectivity index (χ1) is 9.83. The number of hydrogen-bond acceptors (Lipinski definition) is 5. The first-order valence-electron chi connectivity index (χ1n) is 6.23. The molecule has 0 saturated carbocycles. The van der Waals surface area contributed by atoms with Crippen molar-refractivity contribution in [3.63, 3.8) is 0 Å². The van der Waals surface area contributed by atoms with E-state index in [-0.39, 0.29) is 6.79 Å². The lowest BCUT2D eigenvalue weighted by Crippen LogP contribution is -1.94. The van der Waals surface area contributed by atoms with E-state index in [1.165, 1.54) is 0 Å². The summed E-state index contributed by atoms with van der Waals surface area (Å²) in [5.74, 6) is 1.46. The zero-order valence-electron chi connectivity index (χ0n) is 10.5. The minimum atomic E-state index is 0.245. The highest BCUT2D eigenvalue weighted by Crippen LogP contribution is 2.39. The first kappa shape index (κ1) is 11.0. The molecule has 0 amide bonds. The van der Waals surface area contributed by atoms with Crippen LogP contribution in [0.3, 0.4) is 0 Å².